The number of hydrogen-bond acceptors (Lipinski definition) is 1. The van der Waals surface area contributed by atoms with E-state index in [0.717, 1.165) is 0 Å². The van der Waals surface area contributed by atoms with Crippen LogP contribution in [0.25, 0.3) is 0 Å². The number of piperidine rings is 1. The van der Waals surface area contributed by atoms with E-state index >= 15 is 0 Å². The Bertz CT molecular complexity index is 298. The van der Waals surface area contributed by atoms with E-state index in [4.69, 9.17) is 0 Å². The number of hydrogen-bond donors (Lipinski definition) is 0. The first-order chi connectivity index (χ1) is 6.98. The Morgan fingerprint density at radius 2 is 2.07 bits per heavy atom. The summed E-state index contributed by atoms with van der Waals surface area (Å²) in [5, 5.41) is 1.69. The lowest BCUT2D eigenvalue weighted by Gasteiger charge is -2.42. The van der Waals surface area contributed by atoms with Gasteiger partial charge in [0.2, 0.25) is 0 Å². The van der Waals surface area contributed by atoms with Crippen molar-refractivity contribution in [1.29, 1.82) is 0 Å². The molecular weight excluding hydrogens is 198 g/mol. The summed E-state index contributed by atoms with van der Waals surface area (Å²) in [7, 11) is -1.12. The average Bonchev–Trinajstić information content (AvgIpc) is 2.16. The fraction of sp³-hybridized carbons (Fsp3) is 0.692. The summed E-state index contributed by atoms with van der Waals surface area (Å²) in [6.45, 7) is 14.1. The second kappa shape index (κ2) is 3.91. The highest BCUT2D eigenvalue weighted by molar-refractivity contribution is 6.83. The largest absolute Gasteiger partial charge is 0.293 e. The highest BCUT2D eigenvalue weighted by Gasteiger charge is 2.32. The van der Waals surface area contributed by atoms with Crippen LogP contribution in [0.15, 0.2) is 23.4 Å². The van der Waals surface area contributed by atoms with Crippen molar-refractivity contribution in [3.8, 4) is 0 Å². The van der Waals surface area contributed by atoms with Crippen LogP contribution in [0.1, 0.15) is 19.3 Å². The normalized spacial score (nSPS) is 28.6. The predicted octanol–water partition coefficient (Wildman–Crippen LogP) is 3.21. The zero-order valence-corrected chi connectivity index (χ0v) is 11.3. The van der Waals surface area contributed by atoms with Crippen LogP contribution in [0.2, 0.25) is 19.6 Å². The molecule has 15 heavy (non-hydrogen) atoms. The third-order valence-electron chi connectivity index (χ3n) is 3.74. The molecule has 0 bridgehead atoms. The summed E-state index contributed by atoms with van der Waals surface area (Å²) in [4.78, 5) is 2.65. The predicted molar refractivity (Wildman–Crippen MR) is 69.8 cm³/mol. The van der Waals surface area contributed by atoms with Crippen molar-refractivity contribution in [3.05, 3.63) is 23.4 Å². The van der Waals surface area contributed by atoms with Crippen molar-refractivity contribution in [3.63, 3.8) is 0 Å². The van der Waals surface area contributed by atoms with E-state index in [9.17, 15) is 0 Å². The maximum absolute atomic E-state index is 4.27. The van der Waals surface area contributed by atoms with E-state index in [2.05, 4.69) is 37.2 Å². The first-order valence-electron chi connectivity index (χ1n) is 6.12. The molecule has 2 rings (SSSR count). The van der Waals surface area contributed by atoms with Crippen molar-refractivity contribution in [1.82, 2.24) is 4.90 Å². The van der Waals surface area contributed by atoms with Gasteiger partial charge in [0.1, 0.15) is 0 Å². The average molecular weight is 221 g/mol. The third-order valence-corrected chi connectivity index (χ3v) is 5.97. The van der Waals surface area contributed by atoms with Crippen LogP contribution in [0, 0.1) is 0 Å². The highest BCUT2D eigenvalue weighted by Crippen LogP contribution is 2.31. The van der Waals surface area contributed by atoms with Crippen molar-refractivity contribution >= 4 is 8.07 Å². The van der Waals surface area contributed by atoms with Gasteiger partial charge in [-0.15, -0.1) is 0 Å². The van der Waals surface area contributed by atoms with Gasteiger partial charge in [-0.2, -0.15) is 0 Å². The number of nitrogens with zero attached hydrogens (tertiary/aromatic N) is 1. The van der Waals surface area contributed by atoms with Gasteiger partial charge in [-0.25, -0.2) is 0 Å². The summed E-state index contributed by atoms with van der Waals surface area (Å²) in [5.74, 6) is 0. The lowest BCUT2D eigenvalue weighted by Crippen LogP contribution is -2.47. The second-order valence-electron chi connectivity index (χ2n) is 5.98. The summed E-state index contributed by atoms with van der Waals surface area (Å²) in [6, 6.07) is 0.666. The van der Waals surface area contributed by atoms with Crippen molar-refractivity contribution < 1.29 is 0 Å². The Morgan fingerprint density at radius 1 is 1.33 bits per heavy atom. The van der Waals surface area contributed by atoms with Gasteiger partial charge in [0, 0.05) is 12.6 Å². The maximum atomic E-state index is 4.27. The van der Waals surface area contributed by atoms with Crippen LogP contribution in [0.3, 0.4) is 0 Å². The van der Waals surface area contributed by atoms with E-state index in [0.29, 0.717) is 6.04 Å². The van der Waals surface area contributed by atoms with Crippen LogP contribution in [-0.4, -0.2) is 32.1 Å². The molecule has 0 amide bonds. The molecule has 0 radical (unpaired) electrons. The van der Waals surface area contributed by atoms with Gasteiger partial charge >= 0.3 is 0 Å². The van der Waals surface area contributed by atoms with Crippen LogP contribution in [0.4, 0.5) is 0 Å². The van der Waals surface area contributed by atoms with Gasteiger partial charge in [0.15, 0.2) is 0 Å². The maximum Gasteiger partial charge on any atom is 0.0741 e. The van der Waals surface area contributed by atoms with Crippen LogP contribution >= 0.6 is 0 Å². The zero-order chi connectivity index (χ0) is 11.1. The Labute approximate surface area is 94.9 Å². The van der Waals surface area contributed by atoms with Crippen molar-refractivity contribution in [2.75, 3.05) is 13.1 Å². The van der Waals surface area contributed by atoms with E-state index in [1.807, 2.05) is 0 Å². The first-order valence-corrected chi connectivity index (χ1v) is 9.62. The molecule has 84 valence electrons. The highest BCUT2D eigenvalue weighted by atomic mass is 28.3. The Balaban J connectivity index is 2.21. The van der Waals surface area contributed by atoms with Crippen LogP contribution in [-0.2, 0) is 0 Å². The molecular formula is C13H23NSi. The molecule has 0 N–H and O–H groups in total. The quantitative estimate of drug-likeness (QED) is 0.615. The number of rotatable bonds is 1. The molecule has 2 aliphatic heterocycles. The molecule has 0 aliphatic carbocycles. The SMILES string of the molecule is C=C1C=C([Si](C)(C)C)CN2CCCCC12. The lowest BCUT2D eigenvalue weighted by molar-refractivity contribution is 0.185. The van der Waals surface area contributed by atoms with Crippen molar-refractivity contribution in [2.45, 2.75) is 44.9 Å². The van der Waals surface area contributed by atoms with Gasteiger partial charge in [-0.3, -0.25) is 4.90 Å². The fourth-order valence-electron chi connectivity index (χ4n) is 2.64. The Kier molecular flexibility index (Phi) is 2.91. The minimum absolute atomic E-state index is 0.666. The molecule has 0 aromatic rings. The van der Waals surface area contributed by atoms with E-state index < -0.39 is 8.07 Å². The van der Waals surface area contributed by atoms with Gasteiger partial charge < -0.3 is 0 Å². The minimum Gasteiger partial charge on any atom is -0.293 e. The molecule has 0 aromatic heterocycles. The molecule has 2 heteroatoms. The number of fused-ring (bicyclic) bond motifs is 1. The monoisotopic (exact) mass is 221 g/mol. The second-order valence-corrected chi connectivity index (χ2v) is 11.1. The van der Waals surface area contributed by atoms with Gasteiger partial charge in [-0.1, -0.05) is 43.9 Å². The Morgan fingerprint density at radius 3 is 2.73 bits per heavy atom. The van der Waals surface area contributed by atoms with Crippen molar-refractivity contribution in [2.24, 2.45) is 0 Å². The van der Waals surface area contributed by atoms with Crippen LogP contribution < -0.4 is 0 Å². The molecule has 2 aliphatic rings. The van der Waals surface area contributed by atoms with Gasteiger partial charge in [0.25, 0.3) is 0 Å². The Hall–Kier alpha value is -0.343. The van der Waals surface area contributed by atoms with E-state index in [1.54, 1.807) is 5.20 Å². The van der Waals surface area contributed by atoms with Gasteiger partial charge in [0.05, 0.1) is 8.07 Å². The van der Waals surface area contributed by atoms with Gasteiger partial charge in [-0.05, 0) is 25.0 Å². The summed E-state index contributed by atoms with van der Waals surface area (Å²) in [5.41, 5.74) is 1.37. The fourth-order valence-corrected chi connectivity index (χ4v) is 3.93. The third kappa shape index (κ3) is 2.26. The smallest absolute Gasteiger partial charge is 0.0741 e. The lowest BCUT2D eigenvalue weighted by atomic mass is 9.93. The molecule has 1 fully saturated rings. The van der Waals surface area contributed by atoms with Crippen LogP contribution in [0.5, 0.6) is 0 Å². The zero-order valence-electron chi connectivity index (χ0n) is 10.3. The summed E-state index contributed by atoms with van der Waals surface area (Å²) >= 11 is 0. The van der Waals surface area contributed by atoms with E-state index in [1.165, 1.54) is 37.9 Å². The summed E-state index contributed by atoms with van der Waals surface area (Å²) in [6.07, 6.45) is 6.51. The minimum atomic E-state index is -1.12. The summed E-state index contributed by atoms with van der Waals surface area (Å²) < 4.78 is 0. The first kappa shape index (κ1) is 11.2. The molecule has 0 saturated carbocycles. The molecule has 1 unspecified atom stereocenters. The van der Waals surface area contributed by atoms with E-state index in [-0.39, 0.29) is 0 Å². The standard InChI is InChI=1S/C13H23NSi/c1-11-9-12(15(2,3)4)10-14-8-6-5-7-13(11)14/h9,13H,1,5-8,10H2,2-4H3. The molecule has 0 aromatic carbocycles. The molecule has 1 saturated heterocycles. The molecule has 1 atom stereocenters. The topological polar surface area (TPSA) is 3.24 Å². The molecule has 2 heterocycles. The molecule has 1 nitrogen and oxygen atoms in total. The molecule has 0 spiro atoms.